The second kappa shape index (κ2) is 10.6. The highest BCUT2D eigenvalue weighted by Crippen LogP contribution is 2.31. The summed E-state index contributed by atoms with van der Waals surface area (Å²) in [4.78, 5) is 12.7. The molecule has 4 aromatic rings. The molecular weight excluding hydrogens is 472 g/mol. The predicted octanol–water partition coefficient (Wildman–Crippen LogP) is 5.64. The molecule has 0 bridgehead atoms. The number of anilines is 1. The second-order valence-electron chi connectivity index (χ2n) is 7.39. The van der Waals surface area contributed by atoms with Crippen molar-refractivity contribution in [2.45, 2.75) is 12.1 Å². The van der Waals surface area contributed by atoms with E-state index >= 15 is 0 Å². The number of hydrogen-bond donors (Lipinski definition) is 1. The van der Waals surface area contributed by atoms with Crippen LogP contribution in [-0.4, -0.2) is 40.6 Å². The van der Waals surface area contributed by atoms with Gasteiger partial charge in [0.25, 0.3) is 0 Å². The van der Waals surface area contributed by atoms with E-state index in [1.807, 2.05) is 60.0 Å². The molecule has 0 fully saturated rings. The van der Waals surface area contributed by atoms with Gasteiger partial charge in [0.2, 0.25) is 5.91 Å². The van der Waals surface area contributed by atoms with Crippen LogP contribution in [-0.2, 0) is 4.79 Å². The number of methoxy groups -OCH3 is 2. The fraction of sp³-hybridized carbons (Fsp3) is 0.160. The summed E-state index contributed by atoms with van der Waals surface area (Å²) in [6.07, 6.45) is 0. The van der Waals surface area contributed by atoms with Crippen LogP contribution in [0.5, 0.6) is 11.5 Å². The maximum Gasteiger partial charge on any atom is 0.234 e. The molecule has 7 nitrogen and oxygen atoms in total. The van der Waals surface area contributed by atoms with Crippen molar-refractivity contribution in [3.05, 3.63) is 77.3 Å². The second-order valence-corrected chi connectivity index (χ2v) is 8.77. The molecule has 0 unspecified atom stereocenters. The van der Waals surface area contributed by atoms with Crippen molar-refractivity contribution in [2.24, 2.45) is 0 Å². The third-order valence-electron chi connectivity index (χ3n) is 5.04. The zero-order chi connectivity index (χ0) is 24.1. The summed E-state index contributed by atoms with van der Waals surface area (Å²) in [7, 11) is 3.12. The van der Waals surface area contributed by atoms with Gasteiger partial charge in [-0.1, -0.05) is 53.2 Å². The van der Waals surface area contributed by atoms with Crippen LogP contribution in [0.3, 0.4) is 0 Å². The van der Waals surface area contributed by atoms with Gasteiger partial charge in [-0.15, -0.1) is 10.2 Å². The first-order valence-electron chi connectivity index (χ1n) is 10.4. The number of aromatic nitrogens is 3. The number of amides is 1. The molecule has 0 aliphatic carbocycles. The summed E-state index contributed by atoms with van der Waals surface area (Å²) in [6, 6.07) is 20.7. The lowest BCUT2D eigenvalue weighted by atomic mass is 10.1. The van der Waals surface area contributed by atoms with Crippen LogP contribution in [0.15, 0.2) is 71.9 Å². The van der Waals surface area contributed by atoms with Gasteiger partial charge in [0, 0.05) is 22.3 Å². The summed E-state index contributed by atoms with van der Waals surface area (Å²) < 4.78 is 12.5. The first-order chi connectivity index (χ1) is 16.5. The molecule has 1 N–H and O–H groups in total. The molecule has 174 valence electrons. The van der Waals surface area contributed by atoms with E-state index in [4.69, 9.17) is 21.1 Å². The van der Waals surface area contributed by atoms with Gasteiger partial charge in [-0.25, -0.2) is 0 Å². The Balaban J connectivity index is 1.58. The minimum Gasteiger partial charge on any atom is -0.497 e. The van der Waals surface area contributed by atoms with Crippen LogP contribution in [0, 0.1) is 6.92 Å². The van der Waals surface area contributed by atoms with Crippen molar-refractivity contribution in [1.82, 2.24) is 14.8 Å². The zero-order valence-electron chi connectivity index (χ0n) is 18.9. The molecule has 3 aromatic carbocycles. The smallest absolute Gasteiger partial charge is 0.234 e. The number of carbonyl (C=O) groups excluding carboxylic acids is 1. The Morgan fingerprint density at radius 2 is 1.74 bits per heavy atom. The molecule has 1 amide bonds. The Bertz CT molecular complexity index is 1290. The molecule has 0 aliphatic rings. The molecule has 0 atom stereocenters. The van der Waals surface area contributed by atoms with Crippen LogP contribution in [0.2, 0.25) is 5.02 Å². The standard InChI is InChI=1S/C25H23ClN4O3S/c1-16-4-6-17(7-5-16)24-28-29-25(30(24)19-10-8-18(26)9-11-19)34-15-23(31)27-21-13-12-20(32-2)14-22(21)33-3/h4-14H,15H2,1-3H3,(H,27,31). The number of nitrogens with zero attached hydrogens (tertiary/aromatic N) is 3. The van der Waals surface area contributed by atoms with Crippen molar-refractivity contribution in [3.63, 3.8) is 0 Å². The fourth-order valence-electron chi connectivity index (χ4n) is 3.29. The quantitative estimate of drug-likeness (QED) is 0.319. The molecule has 0 aliphatic heterocycles. The number of benzene rings is 3. The predicted molar refractivity (Wildman–Crippen MR) is 135 cm³/mol. The lowest BCUT2D eigenvalue weighted by molar-refractivity contribution is -0.113. The number of halogens is 1. The Morgan fingerprint density at radius 3 is 2.41 bits per heavy atom. The lowest BCUT2D eigenvalue weighted by Crippen LogP contribution is -2.15. The molecule has 34 heavy (non-hydrogen) atoms. The zero-order valence-corrected chi connectivity index (χ0v) is 20.5. The summed E-state index contributed by atoms with van der Waals surface area (Å²) in [5.74, 6) is 1.78. The van der Waals surface area contributed by atoms with Gasteiger partial charge in [0.05, 0.1) is 25.7 Å². The third kappa shape index (κ3) is 5.35. The van der Waals surface area contributed by atoms with Gasteiger partial charge in [-0.3, -0.25) is 9.36 Å². The molecule has 0 saturated heterocycles. The molecule has 1 heterocycles. The van der Waals surface area contributed by atoms with Gasteiger partial charge in [0.15, 0.2) is 11.0 Å². The van der Waals surface area contributed by atoms with Gasteiger partial charge >= 0.3 is 0 Å². The van der Waals surface area contributed by atoms with Crippen LogP contribution in [0.1, 0.15) is 5.56 Å². The lowest BCUT2D eigenvalue weighted by Gasteiger charge is -2.12. The normalized spacial score (nSPS) is 10.7. The van der Waals surface area contributed by atoms with Crippen molar-refractivity contribution < 1.29 is 14.3 Å². The first-order valence-corrected chi connectivity index (χ1v) is 11.8. The van der Waals surface area contributed by atoms with Gasteiger partial charge in [0.1, 0.15) is 11.5 Å². The van der Waals surface area contributed by atoms with Crippen LogP contribution < -0.4 is 14.8 Å². The number of aryl methyl sites for hydroxylation is 1. The highest BCUT2D eigenvalue weighted by molar-refractivity contribution is 7.99. The van der Waals surface area contributed by atoms with E-state index in [2.05, 4.69) is 15.5 Å². The van der Waals surface area contributed by atoms with Crippen molar-refractivity contribution in [1.29, 1.82) is 0 Å². The maximum atomic E-state index is 12.7. The summed E-state index contributed by atoms with van der Waals surface area (Å²) in [5, 5.41) is 12.9. The van der Waals surface area contributed by atoms with Crippen LogP contribution in [0.4, 0.5) is 5.69 Å². The first kappa shape index (κ1) is 23.7. The monoisotopic (exact) mass is 494 g/mol. The number of carbonyl (C=O) groups is 1. The maximum absolute atomic E-state index is 12.7. The fourth-order valence-corrected chi connectivity index (χ4v) is 4.17. The Morgan fingerprint density at radius 1 is 1.00 bits per heavy atom. The van der Waals surface area contributed by atoms with Gasteiger partial charge in [-0.05, 0) is 43.3 Å². The Hall–Kier alpha value is -3.49. The van der Waals surface area contributed by atoms with Crippen molar-refractivity contribution in [2.75, 3.05) is 25.3 Å². The summed E-state index contributed by atoms with van der Waals surface area (Å²) in [6.45, 7) is 2.03. The average molecular weight is 495 g/mol. The van der Waals surface area contributed by atoms with Crippen LogP contribution in [0.25, 0.3) is 17.1 Å². The largest absolute Gasteiger partial charge is 0.497 e. The van der Waals surface area contributed by atoms with E-state index in [0.717, 1.165) is 16.8 Å². The van der Waals surface area contributed by atoms with Crippen LogP contribution >= 0.6 is 23.4 Å². The number of rotatable bonds is 8. The molecule has 0 radical (unpaired) electrons. The highest BCUT2D eigenvalue weighted by Gasteiger charge is 2.18. The van der Waals surface area contributed by atoms with E-state index in [1.165, 1.54) is 11.8 Å². The molecule has 0 saturated carbocycles. The number of nitrogens with one attached hydrogen (secondary N) is 1. The van der Waals surface area contributed by atoms with Crippen molar-refractivity contribution >= 4 is 35.0 Å². The number of thioether (sulfide) groups is 1. The van der Waals surface area contributed by atoms with Gasteiger partial charge in [-0.2, -0.15) is 0 Å². The van der Waals surface area contributed by atoms with Crippen molar-refractivity contribution in [3.8, 4) is 28.6 Å². The molecule has 1 aromatic heterocycles. The minimum atomic E-state index is -0.198. The number of hydrogen-bond acceptors (Lipinski definition) is 6. The minimum absolute atomic E-state index is 0.134. The topological polar surface area (TPSA) is 78.3 Å². The molecule has 9 heteroatoms. The summed E-state index contributed by atoms with van der Waals surface area (Å²) >= 11 is 7.39. The number of ether oxygens (including phenoxy) is 2. The SMILES string of the molecule is COc1ccc(NC(=O)CSc2nnc(-c3ccc(C)cc3)n2-c2ccc(Cl)cc2)c(OC)c1. The van der Waals surface area contributed by atoms with E-state index < -0.39 is 0 Å². The van der Waals surface area contributed by atoms with E-state index in [0.29, 0.717) is 33.2 Å². The third-order valence-corrected chi connectivity index (χ3v) is 6.22. The molecular formula is C25H23ClN4O3S. The summed E-state index contributed by atoms with van der Waals surface area (Å²) in [5.41, 5.74) is 3.49. The highest BCUT2D eigenvalue weighted by atomic mass is 35.5. The molecule has 0 spiro atoms. The molecule has 4 rings (SSSR count). The van der Waals surface area contributed by atoms with E-state index in [9.17, 15) is 4.79 Å². The van der Waals surface area contributed by atoms with Gasteiger partial charge < -0.3 is 14.8 Å². The Kier molecular flexibility index (Phi) is 7.40. The van der Waals surface area contributed by atoms with E-state index in [-0.39, 0.29) is 11.7 Å². The Labute approximate surface area is 207 Å². The van der Waals surface area contributed by atoms with E-state index in [1.54, 1.807) is 32.4 Å². The average Bonchev–Trinajstić information content (AvgIpc) is 3.28.